The van der Waals surface area contributed by atoms with E-state index in [-0.39, 0.29) is 5.69 Å². The highest BCUT2D eigenvalue weighted by Gasteiger charge is 2.06. The van der Waals surface area contributed by atoms with Crippen LogP contribution in [0.2, 0.25) is 0 Å². The number of aromatic amines is 1. The zero-order chi connectivity index (χ0) is 11.5. The molecule has 0 radical (unpaired) electrons. The van der Waals surface area contributed by atoms with Crippen LogP contribution in [0.1, 0.15) is 16.1 Å². The van der Waals surface area contributed by atoms with Crippen molar-refractivity contribution in [3.05, 3.63) is 41.6 Å². The summed E-state index contributed by atoms with van der Waals surface area (Å²) in [6.07, 6.45) is 3.90. The van der Waals surface area contributed by atoms with Crippen molar-refractivity contribution in [3.63, 3.8) is 0 Å². The average molecular weight is 233 g/mol. The molecule has 1 aromatic heterocycles. The molecule has 2 N–H and O–H groups in total. The van der Waals surface area contributed by atoms with Gasteiger partial charge in [0, 0.05) is 16.7 Å². The van der Waals surface area contributed by atoms with Gasteiger partial charge in [-0.05, 0) is 23.8 Å². The SMILES string of the molecule is O=C(O)c1cc2cc(C=CCS)ccc2[nH]1. The fourth-order valence-corrected chi connectivity index (χ4v) is 1.66. The number of fused-ring (bicyclic) bond motifs is 1. The first-order chi connectivity index (χ1) is 7.70. The van der Waals surface area contributed by atoms with E-state index in [9.17, 15) is 4.79 Å². The molecule has 0 spiro atoms. The highest BCUT2D eigenvalue weighted by Crippen LogP contribution is 2.18. The van der Waals surface area contributed by atoms with E-state index in [1.54, 1.807) is 6.07 Å². The predicted octanol–water partition coefficient (Wildman–Crippen LogP) is 2.81. The molecule has 0 aliphatic rings. The minimum Gasteiger partial charge on any atom is -0.477 e. The normalized spacial score (nSPS) is 11.3. The number of carboxylic acids is 1. The van der Waals surface area contributed by atoms with Gasteiger partial charge in [0.2, 0.25) is 0 Å². The molecule has 0 atom stereocenters. The van der Waals surface area contributed by atoms with Gasteiger partial charge < -0.3 is 10.1 Å². The highest BCUT2D eigenvalue weighted by atomic mass is 32.1. The summed E-state index contributed by atoms with van der Waals surface area (Å²) >= 11 is 4.08. The van der Waals surface area contributed by atoms with E-state index in [0.717, 1.165) is 16.5 Å². The van der Waals surface area contributed by atoms with E-state index in [1.807, 2.05) is 30.4 Å². The smallest absolute Gasteiger partial charge is 0.352 e. The number of nitrogens with one attached hydrogen (secondary N) is 1. The largest absolute Gasteiger partial charge is 0.477 e. The lowest BCUT2D eigenvalue weighted by Crippen LogP contribution is -1.94. The third kappa shape index (κ3) is 2.12. The number of rotatable bonds is 3. The molecule has 16 heavy (non-hydrogen) atoms. The van der Waals surface area contributed by atoms with Crippen LogP contribution in [0.5, 0.6) is 0 Å². The van der Waals surface area contributed by atoms with Crippen molar-refractivity contribution in [2.75, 3.05) is 5.75 Å². The first kappa shape index (κ1) is 10.8. The Labute approximate surface area is 98.2 Å². The lowest BCUT2D eigenvalue weighted by molar-refractivity contribution is 0.0691. The topological polar surface area (TPSA) is 53.1 Å². The molecule has 1 heterocycles. The Balaban J connectivity index is 2.45. The standard InChI is InChI=1S/C12H11NO2S/c14-12(15)11-7-9-6-8(2-1-5-16)3-4-10(9)13-11/h1-4,6-7,13,16H,5H2,(H,14,15). The number of carbonyl (C=O) groups is 1. The molecular weight excluding hydrogens is 222 g/mol. The zero-order valence-corrected chi connectivity index (χ0v) is 9.37. The van der Waals surface area contributed by atoms with Crippen molar-refractivity contribution >= 4 is 35.6 Å². The lowest BCUT2D eigenvalue weighted by Gasteiger charge is -1.93. The Hall–Kier alpha value is -1.68. The van der Waals surface area contributed by atoms with Crippen LogP contribution in [-0.4, -0.2) is 21.8 Å². The summed E-state index contributed by atoms with van der Waals surface area (Å²) in [7, 11) is 0. The van der Waals surface area contributed by atoms with Gasteiger partial charge in [-0.25, -0.2) is 4.79 Å². The number of carboxylic acid groups (broad SMARTS) is 1. The number of aromatic carboxylic acids is 1. The molecule has 0 bridgehead atoms. The van der Waals surface area contributed by atoms with Gasteiger partial charge in [0.05, 0.1) is 0 Å². The minimum atomic E-state index is -0.941. The summed E-state index contributed by atoms with van der Waals surface area (Å²) in [5.74, 6) is -0.255. The Morgan fingerprint density at radius 2 is 2.25 bits per heavy atom. The monoisotopic (exact) mass is 233 g/mol. The zero-order valence-electron chi connectivity index (χ0n) is 8.47. The number of benzene rings is 1. The third-order valence-electron chi connectivity index (χ3n) is 2.29. The maximum Gasteiger partial charge on any atom is 0.352 e. The predicted molar refractivity (Wildman–Crippen MR) is 68.1 cm³/mol. The molecule has 0 aliphatic carbocycles. The van der Waals surface area contributed by atoms with Gasteiger partial charge in [-0.3, -0.25) is 0 Å². The van der Waals surface area contributed by atoms with Crippen molar-refractivity contribution in [2.24, 2.45) is 0 Å². The average Bonchev–Trinajstić information content (AvgIpc) is 2.69. The summed E-state index contributed by atoms with van der Waals surface area (Å²) in [5.41, 5.74) is 2.09. The second kappa shape index (κ2) is 4.45. The number of aromatic nitrogens is 1. The molecule has 2 aromatic rings. The Morgan fingerprint density at radius 1 is 1.44 bits per heavy atom. The van der Waals surface area contributed by atoms with Crippen LogP contribution in [0.25, 0.3) is 17.0 Å². The van der Waals surface area contributed by atoms with Gasteiger partial charge in [-0.1, -0.05) is 18.2 Å². The Morgan fingerprint density at radius 3 is 2.94 bits per heavy atom. The van der Waals surface area contributed by atoms with Gasteiger partial charge in [0.15, 0.2) is 0 Å². The van der Waals surface area contributed by atoms with E-state index in [0.29, 0.717) is 5.75 Å². The fourth-order valence-electron chi connectivity index (χ4n) is 1.56. The van der Waals surface area contributed by atoms with Crippen molar-refractivity contribution < 1.29 is 9.90 Å². The molecule has 0 amide bonds. The van der Waals surface area contributed by atoms with Crippen LogP contribution >= 0.6 is 12.6 Å². The van der Waals surface area contributed by atoms with Crippen LogP contribution in [0.3, 0.4) is 0 Å². The lowest BCUT2D eigenvalue weighted by atomic mass is 10.1. The molecule has 82 valence electrons. The molecule has 0 unspecified atom stereocenters. The number of thiol groups is 1. The molecule has 2 rings (SSSR count). The second-order valence-corrected chi connectivity index (χ2v) is 3.78. The van der Waals surface area contributed by atoms with E-state index in [4.69, 9.17) is 5.11 Å². The Kier molecular flexibility index (Phi) is 3.01. The second-order valence-electron chi connectivity index (χ2n) is 3.42. The fraction of sp³-hybridized carbons (Fsp3) is 0.0833. The molecule has 0 saturated carbocycles. The summed E-state index contributed by atoms with van der Waals surface area (Å²) < 4.78 is 0. The first-order valence-corrected chi connectivity index (χ1v) is 5.47. The maximum atomic E-state index is 10.8. The van der Waals surface area contributed by atoms with Crippen LogP contribution < -0.4 is 0 Å². The van der Waals surface area contributed by atoms with Gasteiger partial charge in [0.1, 0.15) is 5.69 Å². The minimum absolute atomic E-state index is 0.213. The maximum absolute atomic E-state index is 10.8. The Bertz CT molecular complexity index is 557. The summed E-state index contributed by atoms with van der Waals surface area (Å²) in [6, 6.07) is 7.39. The molecule has 0 aliphatic heterocycles. The van der Waals surface area contributed by atoms with Crippen LogP contribution in [0, 0.1) is 0 Å². The molecule has 3 nitrogen and oxygen atoms in total. The molecule has 0 fully saturated rings. The molecule has 1 aromatic carbocycles. The third-order valence-corrected chi connectivity index (χ3v) is 2.50. The molecular formula is C12H11NO2S. The van der Waals surface area contributed by atoms with Gasteiger partial charge in [-0.2, -0.15) is 12.6 Å². The molecule has 0 saturated heterocycles. The van der Waals surface area contributed by atoms with Crippen molar-refractivity contribution in [1.29, 1.82) is 0 Å². The number of hydrogen-bond acceptors (Lipinski definition) is 2. The van der Waals surface area contributed by atoms with Gasteiger partial charge in [0.25, 0.3) is 0 Å². The van der Waals surface area contributed by atoms with E-state index in [1.165, 1.54) is 0 Å². The van der Waals surface area contributed by atoms with Crippen molar-refractivity contribution in [3.8, 4) is 0 Å². The first-order valence-electron chi connectivity index (χ1n) is 4.84. The van der Waals surface area contributed by atoms with Crippen LogP contribution in [-0.2, 0) is 0 Å². The summed E-state index contributed by atoms with van der Waals surface area (Å²) in [5, 5.41) is 9.74. The van der Waals surface area contributed by atoms with E-state index < -0.39 is 5.97 Å². The van der Waals surface area contributed by atoms with Crippen molar-refractivity contribution in [1.82, 2.24) is 4.98 Å². The summed E-state index contributed by atoms with van der Waals surface area (Å²) in [4.78, 5) is 13.6. The highest BCUT2D eigenvalue weighted by molar-refractivity contribution is 7.80. The summed E-state index contributed by atoms with van der Waals surface area (Å²) in [6.45, 7) is 0. The number of hydrogen-bond donors (Lipinski definition) is 3. The van der Waals surface area contributed by atoms with Gasteiger partial charge >= 0.3 is 5.97 Å². The number of H-pyrrole nitrogens is 1. The van der Waals surface area contributed by atoms with Crippen LogP contribution in [0.4, 0.5) is 0 Å². The van der Waals surface area contributed by atoms with E-state index in [2.05, 4.69) is 17.6 Å². The quantitative estimate of drug-likeness (QED) is 0.714. The molecule has 4 heteroatoms. The van der Waals surface area contributed by atoms with Crippen LogP contribution in [0.15, 0.2) is 30.3 Å². The van der Waals surface area contributed by atoms with Crippen molar-refractivity contribution in [2.45, 2.75) is 0 Å². The van der Waals surface area contributed by atoms with Gasteiger partial charge in [-0.15, -0.1) is 0 Å². The van der Waals surface area contributed by atoms with E-state index >= 15 is 0 Å².